The quantitative estimate of drug-likeness (QED) is 0.781. The van der Waals surface area contributed by atoms with E-state index in [9.17, 15) is 9.59 Å². The van der Waals surface area contributed by atoms with Gasteiger partial charge in [-0.3, -0.25) is 9.59 Å². The van der Waals surface area contributed by atoms with Gasteiger partial charge in [-0.15, -0.1) is 18.3 Å². The molecule has 0 bridgehead atoms. The van der Waals surface area contributed by atoms with E-state index in [2.05, 4.69) is 11.9 Å². The van der Waals surface area contributed by atoms with E-state index in [1.807, 2.05) is 36.1 Å². The zero-order valence-corrected chi connectivity index (χ0v) is 14.4. The summed E-state index contributed by atoms with van der Waals surface area (Å²) in [5.41, 5.74) is 1.87. The summed E-state index contributed by atoms with van der Waals surface area (Å²) in [4.78, 5) is 26.0. The van der Waals surface area contributed by atoms with Crippen LogP contribution in [0.15, 0.2) is 36.9 Å². The molecule has 1 heterocycles. The molecular formula is C18H24N2O2S. The van der Waals surface area contributed by atoms with E-state index in [0.717, 1.165) is 42.8 Å². The van der Waals surface area contributed by atoms with Crippen LogP contribution in [0.25, 0.3) is 0 Å². The van der Waals surface area contributed by atoms with Crippen molar-refractivity contribution < 1.29 is 9.59 Å². The number of rotatable bonds is 7. The van der Waals surface area contributed by atoms with Crippen LogP contribution in [0.4, 0.5) is 0 Å². The maximum absolute atomic E-state index is 12.3. The highest BCUT2D eigenvalue weighted by Gasteiger charge is 2.19. The van der Waals surface area contributed by atoms with E-state index in [1.165, 1.54) is 0 Å². The molecule has 5 heteroatoms. The van der Waals surface area contributed by atoms with E-state index in [-0.39, 0.29) is 17.1 Å². The number of thioether (sulfide) groups is 1. The summed E-state index contributed by atoms with van der Waals surface area (Å²) in [6, 6.07) is 7.73. The molecule has 1 aliphatic heterocycles. The Kier molecular flexibility index (Phi) is 6.71. The van der Waals surface area contributed by atoms with Crippen LogP contribution in [-0.4, -0.2) is 41.6 Å². The lowest BCUT2D eigenvalue weighted by Crippen LogP contribution is -2.30. The van der Waals surface area contributed by atoms with Crippen molar-refractivity contribution in [2.45, 2.75) is 30.8 Å². The number of likely N-dealkylation sites (tertiary alicyclic amines) is 1. The third kappa shape index (κ3) is 5.13. The van der Waals surface area contributed by atoms with Gasteiger partial charge in [0.15, 0.2) is 0 Å². The molecule has 1 saturated heterocycles. The topological polar surface area (TPSA) is 49.4 Å². The predicted molar refractivity (Wildman–Crippen MR) is 95.5 cm³/mol. The Labute approximate surface area is 142 Å². The molecule has 0 aliphatic carbocycles. The number of nitrogens with zero attached hydrogens (tertiary/aromatic N) is 1. The zero-order chi connectivity index (χ0) is 16.7. The minimum Gasteiger partial charge on any atom is -0.352 e. The van der Waals surface area contributed by atoms with Gasteiger partial charge in [-0.1, -0.05) is 18.2 Å². The van der Waals surface area contributed by atoms with Gasteiger partial charge in [0.1, 0.15) is 0 Å². The van der Waals surface area contributed by atoms with Gasteiger partial charge in [0.2, 0.25) is 5.91 Å². The van der Waals surface area contributed by atoms with Gasteiger partial charge in [0.25, 0.3) is 5.91 Å². The van der Waals surface area contributed by atoms with Crippen LogP contribution in [0.5, 0.6) is 0 Å². The lowest BCUT2D eigenvalue weighted by molar-refractivity contribution is -0.120. The second-order valence-corrected chi connectivity index (χ2v) is 7.01. The van der Waals surface area contributed by atoms with E-state index >= 15 is 0 Å². The van der Waals surface area contributed by atoms with Crippen LogP contribution in [-0.2, 0) is 10.5 Å². The number of benzene rings is 1. The van der Waals surface area contributed by atoms with Gasteiger partial charge >= 0.3 is 0 Å². The second-order valence-electron chi connectivity index (χ2n) is 5.68. The molecular weight excluding hydrogens is 308 g/mol. The molecule has 4 nitrogen and oxygen atoms in total. The third-order valence-corrected chi connectivity index (χ3v) is 5.10. The number of nitrogens with one attached hydrogen (secondary N) is 1. The predicted octanol–water partition coefficient (Wildman–Crippen LogP) is 2.85. The first-order valence-electron chi connectivity index (χ1n) is 8.00. The van der Waals surface area contributed by atoms with Crippen LogP contribution < -0.4 is 5.32 Å². The number of hydrogen-bond donors (Lipinski definition) is 1. The van der Waals surface area contributed by atoms with Crippen molar-refractivity contribution in [3.8, 4) is 0 Å². The molecule has 124 valence electrons. The minimum atomic E-state index is -0.110. The first-order chi connectivity index (χ1) is 11.1. The Bertz CT molecular complexity index is 551. The van der Waals surface area contributed by atoms with Gasteiger partial charge < -0.3 is 10.2 Å². The molecule has 1 aliphatic rings. The molecule has 1 atom stereocenters. The van der Waals surface area contributed by atoms with Gasteiger partial charge in [-0.25, -0.2) is 0 Å². The number of hydrogen-bond acceptors (Lipinski definition) is 3. The van der Waals surface area contributed by atoms with Gasteiger partial charge in [0, 0.05) is 31.0 Å². The highest BCUT2D eigenvalue weighted by atomic mass is 32.2. The summed E-state index contributed by atoms with van der Waals surface area (Å²) in [6.45, 7) is 7.72. The molecule has 1 aromatic rings. The average molecular weight is 332 g/mol. The largest absolute Gasteiger partial charge is 0.352 e. The van der Waals surface area contributed by atoms with Crippen LogP contribution in [0.2, 0.25) is 0 Å². The molecule has 2 rings (SSSR count). The van der Waals surface area contributed by atoms with Crippen molar-refractivity contribution >= 4 is 23.6 Å². The Hall–Kier alpha value is -1.75. The van der Waals surface area contributed by atoms with Crippen molar-refractivity contribution in [1.29, 1.82) is 0 Å². The number of amides is 2. The van der Waals surface area contributed by atoms with E-state index in [4.69, 9.17) is 0 Å². The summed E-state index contributed by atoms with van der Waals surface area (Å²) < 4.78 is 0. The third-order valence-electron chi connectivity index (χ3n) is 3.88. The summed E-state index contributed by atoms with van der Waals surface area (Å²) in [6.07, 6.45) is 3.88. The van der Waals surface area contributed by atoms with E-state index < -0.39 is 0 Å². The molecule has 0 spiro atoms. The summed E-state index contributed by atoms with van der Waals surface area (Å²) in [5.74, 6) is 0.899. The van der Waals surface area contributed by atoms with E-state index in [0.29, 0.717) is 6.54 Å². The number of carbonyl (C=O) groups excluding carboxylic acids is 2. The normalized spacial score (nSPS) is 15.3. The van der Waals surface area contributed by atoms with Crippen molar-refractivity contribution in [3.05, 3.63) is 48.0 Å². The lowest BCUT2D eigenvalue weighted by Gasteiger charge is -2.15. The van der Waals surface area contributed by atoms with Crippen LogP contribution in [0.3, 0.4) is 0 Å². The second kappa shape index (κ2) is 8.77. The standard InChI is InChI=1S/C18H24N2O2S/c1-3-10-19-17(21)14(2)23-13-15-6-8-16(9-7-15)18(22)20-11-4-5-12-20/h3,6-9,14H,1,4-5,10-13H2,2H3,(H,19,21)/t14-/m0/s1. The smallest absolute Gasteiger partial charge is 0.253 e. The Morgan fingerprint density at radius 2 is 1.96 bits per heavy atom. The summed E-state index contributed by atoms with van der Waals surface area (Å²) in [7, 11) is 0. The minimum absolute atomic E-state index is 0.0238. The summed E-state index contributed by atoms with van der Waals surface area (Å²) in [5, 5.41) is 2.69. The molecule has 0 aromatic heterocycles. The molecule has 1 N–H and O–H groups in total. The van der Waals surface area contributed by atoms with Crippen LogP contribution >= 0.6 is 11.8 Å². The Morgan fingerprint density at radius 1 is 1.30 bits per heavy atom. The molecule has 0 unspecified atom stereocenters. The highest BCUT2D eigenvalue weighted by molar-refractivity contribution is 7.99. The van der Waals surface area contributed by atoms with Crippen molar-refractivity contribution in [3.63, 3.8) is 0 Å². The van der Waals surface area contributed by atoms with Crippen molar-refractivity contribution in [2.24, 2.45) is 0 Å². The molecule has 0 radical (unpaired) electrons. The van der Waals surface area contributed by atoms with Gasteiger partial charge in [-0.2, -0.15) is 0 Å². The maximum Gasteiger partial charge on any atom is 0.253 e. The Morgan fingerprint density at radius 3 is 2.57 bits per heavy atom. The van der Waals surface area contributed by atoms with Crippen molar-refractivity contribution in [2.75, 3.05) is 19.6 Å². The zero-order valence-electron chi connectivity index (χ0n) is 13.6. The fourth-order valence-electron chi connectivity index (χ4n) is 2.46. The average Bonchev–Trinajstić information content (AvgIpc) is 3.11. The van der Waals surface area contributed by atoms with Crippen LogP contribution in [0.1, 0.15) is 35.7 Å². The number of carbonyl (C=O) groups is 2. The monoisotopic (exact) mass is 332 g/mol. The van der Waals surface area contributed by atoms with Gasteiger partial charge in [0.05, 0.1) is 5.25 Å². The fraction of sp³-hybridized carbons (Fsp3) is 0.444. The molecule has 2 amide bonds. The molecule has 1 aromatic carbocycles. The first kappa shape index (κ1) is 17.6. The SMILES string of the molecule is C=CCNC(=O)[C@H](C)SCc1ccc(C(=O)N2CCCC2)cc1. The van der Waals surface area contributed by atoms with Crippen LogP contribution in [0, 0.1) is 0 Å². The maximum atomic E-state index is 12.3. The fourth-order valence-corrected chi connectivity index (χ4v) is 3.33. The molecule has 23 heavy (non-hydrogen) atoms. The first-order valence-corrected chi connectivity index (χ1v) is 9.05. The van der Waals surface area contributed by atoms with E-state index in [1.54, 1.807) is 17.8 Å². The Balaban J connectivity index is 1.83. The lowest BCUT2D eigenvalue weighted by atomic mass is 10.1. The molecule has 0 saturated carbocycles. The van der Waals surface area contributed by atoms with Gasteiger partial charge in [-0.05, 0) is 37.5 Å². The molecule has 1 fully saturated rings. The summed E-state index contributed by atoms with van der Waals surface area (Å²) >= 11 is 1.59. The van der Waals surface area contributed by atoms with Crippen molar-refractivity contribution in [1.82, 2.24) is 10.2 Å². The highest BCUT2D eigenvalue weighted by Crippen LogP contribution is 2.19.